The highest BCUT2D eigenvalue weighted by molar-refractivity contribution is 5.67. The lowest BCUT2D eigenvalue weighted by molar-refractivity contribution is 0.398. The lowest BCUT2D eigenvalue weighted by Crippen LogP contribution is -2.19. The Morgan fingerprint density at radius 3 is 2.43 bits per heavy atom. The van der Waals surface area contributed by atoms with Gasteiger partial charge in [0, 0.05) is 17.9 Å². The molecule has 0 radical (unpaired) electrons. The van der Waals surface area contributed by atoms with Crippen LogP contribution in [0.4, 0.5) is 5.69 Å². The monoisotopic (exact) mass is 191 g/mol. The van der Waals surface area contributed by atoms with E-state index in [-0.39, 0.29) is 5.54 Å². The van der Waals surface area contributed by atoms with E-state index in [0.717, 1.165) is 11.3 Å². The zero-order chi connectivity index (χ0) is 10.8. The van der Waals surface area contributed by atoms with E-state index >= 15 is 0 Å². The summed E-state index contributed by atoms with van der Waals surface area (Å²) in [5.41, 5.74) is 2.20. The second-order valence-electron chi connectivity index (χ2n) is 4.33. The largest absolute Gasteiger partial charge is 0.347 e. The smallest absolute Gasteiger partial charge is 0.115 e. The summed E-state index contributed by atoms with van der Waals surface area (Å²) in [5, 5.41) is 0. The Balaban J connectivity index is 3.05. The number of aromatic nitrogens is 1. The van der Waals surface area contributed by atoms with Crippen LogP contribution in [0.15, 0.2) is 22.4 Å². The SMILES string of the molecule is C=N/C=N\c1cn(C(C)(C)C)cc1C. The lowest BCUT2D eigenvalue weighted by Gasteiger charge is -2.20. The number of nitrogens with zero attached hydrogens (tertiary/aromatic N) is 3. The van der Waals surface area contributed by atoms with Crippen LogP contribution < -0.4 is 0 Å². The maximum absolute atomic E-state index is 4.18. The molecule has 14 heavy (non-hydrogen) atoms. The highest BCUT2D eigenvalue weighted by atomic mass is 15.0. The minimum absolute atomic E-state index is 0.0974. The fourth-order valence-electron chi connectivity index (χ4n) is 1.17. The lowest BCUT2D eigenvalue weighted by atomic mass is 10.1. The van der Waals surface area contributed by atoms with Gasteiger partial charge in [0.2, 0.25) is 0 Å². The van der Waals surface area contributed by atoms with Crippen molar-refractivity contribution in [1.29, 1.82) is 0 Å². The van der Waals surface area contributed by atoms with E-state index in [9.17, 15) is 0 Å². The molecule has 1 aromatic rings. The number of aliphatic imine (C=N–C) groups is 2. The molecule has 76 valence electrons. The molecule has 0 spiro atoms. The average Bonchev–Trinajstić information content (AvgIpc) is 2.43. The molecule has 0 aliphatic rings. The minimum Gasteiger partial charge on any atom is -0.347 e. The van der Waals surface area contributed by atoms with E-state index in [1.54, 1.807) is 0 Å². The third-order valence-electron chi connectivity index (χ3n) is 2.05. The van der Waals surface area contributed by atoms with Crippen LogP contribution in [0.5, 0.6) is 0 Å². The quantitative estimate of drug-likeness (QED) is 0.508. The second kappa shape index (κ2) is 3.78. The van der Waals surface area contributed by atoms with Crippen LogP contribution in [0.3, 0.4) is 0 Å². The summed E-state index contributed by atoms with van der Waals surface area (Å²) in [6.45, 7) is 11.9. The van der Waals surface area contributed by atoms with Crippen LogP contribution in [-0.2, 0) is 5.54 Å². The molecule has 0 fully saturated rings. The Bertz CT molecular complexity index is 353. The highest BCUT2D eigenvalue weighted by Crippen LogP contribution is 2.24. The Morgan fingerprint density at radius 2 is 2.00 bits per heavy atom. The van der Waals surface area contributed by atoms with Crippen LogP contribution in [0.1, 0.15) is 26.3 Å². The fraction of sp³-hybridized carbons (Fsp3) is 0.455. The molecular weight excluding hydrogens is 174 g/mol. The molecule has 0 aromatic carbocycles. The van der Waals surface area contributed by atoms with Crippen LogP contribution >= 0.6 is 0 Å². The van der Waals surface area contributed by atoms with E-state index in [4.69, 9.17) is 0 Å². The Labute approximate surface area is 85.2 Å². The summed E-state index contributed by atoms with van der Waals surface area (Å²) in [7, 11) is 0. The minimum atomic E-state index is 0.0974. The Hall–Kier alpha value is -1.38. The van der Waals surface area contributed by atoms with Gasteiger partial charge in [-0.05, 0) is 40.0 Å². The molecule has 0 saturated heterocycles. The number of hydrogen-bond donors (Lipinski definition) is 0. The summed E-state index contributed by atoms with van der Waals surface area (Å²) < 4.78 is 2.15. The summed E-state index contributed by atoms with van der Waals surface area (Å²) in [6.07, 6.45) is 5.59. The molecule has 0 atom stereocenters. The third-order valence-corrected chi connectivity index (χ3v) is 2.05. The molecular formula is C11H17N3. The van der Waals surface area contributed by atoms with E-state index in [1.807, 2.05) is 13.1 Å². The molecule has 0 amide bonds. The van der Waals surface area contributed by atoms with Crippen molar-refractivity contribution in [2.45, 2.75) is 33.2 Å². The molecule has 1 rings (SSSR count). The van der Waals surface area contributed by atoms with Crippen molar-refractivity contribution < 1.29 is 0 Å². The van der Waals surface area contributed by atoms with Gasteiger partial charge in [0.15, 0.2) is 0 Å². The van der Waals surface area contributed by atoms with E-state index in [2.05, 4.69) is 48.2 Å². The van der Waals surface area contributed by atoms with Gasteiger partial charge in [0.25, 0.3) is 0 Å². The molecule has 0 unspecified atom stereocenters. The van der Waals surface area contributed by atoms with Gasteiger partial charge in [-0.15, -0.1) is 0 Å². The first kappa shape index (κ1) is 10.7. The van der Waals surface area contributed by atoms with Crippen LogP contribution in [-0.4, -0.2) is 17.6 Å². The molecule has 0 aliphatic carbocycles. The van der Waals surface area contributed by atoms with E-state index in [1.165, 1.54) is 6.34 Å². The van der Waals surface area contributed by atoms with Gasteiger partial charge >= 0.3 is 0 Å². The molecule has 0 aliphatic heterocycles. The summed E-state index contributed by atoms with van der Waals surface area (Å²) in [5.74, 6) is 0. The molecule has 0 saturated carbocycles. The predicted molar refractivity (Wildman–Crippen MR) is 61.9 cm³/mol. The number of hydrogen-bond acceptors (Lipinski definition) is 1. The van der Waals surface area contributed by atoms with Crippen molar-refractivity contribution in [3.05, 3.63) is 18.0 Å². The maximum Gasteiger partial charge on any atom is 0.115 e. The van der Waals surface area contributed by atoms with Crippen molar-refractivity contribution >= 4 is 18.7 Å². The average molecular weight is 191 g/mol. The van der Waals surface area contributed by atoms with E-state index in [0.29, 0.717) is 0 Å². The molecule has 3 heteroatoms. The molecule has 0 N–H and O–H groups in total. The first-order chi connectivity index (χ1) is 6.45. The first-order valence-corrected chi connectivity index (χ1v) is 4.62. The normalized spacial score (nSPS) is 12.3. The molecule has 3 nitrogen and oxygen atoms in total. The maximum atomic E-state index is 4.18. The highest BCUT2D eigenvalue weighted by Gasteiger charge is 2.13. The molecule has 1 aromatic heterocycles. The summed E-state index contributed by atoms with van der Waals surface area (Å²) in [4.78, 5) is 7.78. The Morgan fingerprint density at radius 1 is 1.36 bits per heavy atom. The van der Waals surface area contributed by atoms with Gasteiger partial charge in [-0.3, -0.25) is 4.99 Å². The van der Waals surface area contributed by atoms with Gasteiger partial charge in [0.05, 0.1) is 5.69 Å². The van der Waals surface area contributed by atoms with Gasteiger partial charge in [-0.2, -0.15) is 0 Å². The standard InChI is InChI=1S/C11H17N3/c1-9-6-14(11(2,3)4)7-10(9)13-8-12-5/h6-8H,5H2,1-4H3/b13-8-. The number of rotatable bonds is 2. The first-order valence-electron chi connectivity index (χ1n) is 4.62. The van der Waals surface area contributed by atoms with Crippen molar-refractivity contribution in [1.82, 2.24) is 4.57 Å². The topological polar surface area (TPSA) is 29.6 Å². The van der Waals surface area contributed by atoms with Crippen LogP contribution in [0.2, 0.25) is 0 Å². The third kappa shape index (κ3) is 2.31. The van der Waals surface area contributed by atoms with Crippen molar-refractivity contribution in [3.8, 4) is 0 Å². The van der Waals surface area contributed by atoms with Gasteiger partial charge in [-0.1, -0.05) is 0 Å². The molecule has 1 heterocycles. The second-order valence-corrected chi connectivity index (χ2v) is 4.33. The van der Waals surface area contributed by atoms with Crippen molar-refractivity contribution in [2.24, 2.45) is 9.98 Å². The summed E-state index contributed by atoms with van der Waals surface area (Å²) >= 11 is 0. The molecule has 0 bridgehead atoms. The Kier molecular flexibility index (Phi) is 2.89. The van der Waals surface area contributed by atoms with Gasteiger partial charge < -0.3 is 4.57 Å². The van der Waals surface area contributed by atoms with Crippen LogP contribution in [0, 0.1) is 6.92 Å². The van der Waals surface area contributed by atoms with Gasteiger partial charge in [0.1, 0.15) is 6.34 Å². The van der Waals surface area contributed by atoms with Gasteiger partial charge in [-0.25, -0.2) is 4.99 Å². The zero-order valence-electron chi connectivity index (χ0n) is 9.28. The van der Waals surface area contributed by atoms with Crippen molar-refractivity contribution in [2.75, 3.05) is 0 Å². The van der Waals surface area contributed by atoms with E-state index < -0.39 is 0 Å². The predicted octanol–water partition coefficient (Wildman–Crippen LogP) is 2.91. The van der Waals surface area contributed by atoms with Crippen molar-refractivity contribution in [3.63, 3.8) is 0 Å². The zero-order valence-corrected chi connectivity index (χ0v) is 9.28. The fourth-order valence-corrected chi connectivity index (χ4v) is 1.17. The number of aryl methyl sites for hydroxylation is 1. The summed E-state index contributed by atoms with van der Waals surface area (Å²) in [6, 6.07) is 0. The van der Waals surface area contributed by atoms with Crippen LogP contribution in [0.25, 0.3) is 0 Å².